The molecule has 9 heteroatoms. The predicted molar refractivity (Wildman–Crippen MR) is 115 cm³/mol. The van der Waals surface area contributed by atoms with Gasteiger partial charge >= 0.3 is 6.09 Å². The minimum Gasteiger partial charge on any atom is -0.465 e. The molecule has 0 bridgehead atoms. The van der Waals surface area contributed by atoms with E-state index in [-0.39, 0.29) is 11.9 Å². The number of anilines is 2. The number of carboxylic acid groups (broad SMARTS) is 1. The minimum absolute atomic E-state index is 0.0593. The summed E-state index contributed by atoms with van der Waals surface area (Å²) in [6, 6.07) is 18.5. The molecule has 0 saturated carbocycles. The Kier molecular flexibility index (Phi) is 4.21. The van der Waals surface area contributed by atoms with Crippen LogP contribution in [0, 0.1) is 0 Å². The SMILES string of the molecule is O=C(O)Nc1nc2cc(C3(O)c4ccccc4C(=O)N3c3ccc(Cl)cc3)ccc2[nH]1. The number of aromatic nitrogens is 2. The second-order valence-corrected chi connectivity index (χ2v) is 7.52. The zero-order valence-electron chi connectivity index (χ0n) is 15.8. The first-order valence-corrected chi connectivity index (χ1v) is 9.68. The number of nitrogens with one attached hydrogen (secondary N) is 2. The molecule has 0 aliphatic carbocycles. The Bertz CT molecular complexity index is 1350. The number of halogens is 1. The largest absolute Gasteiger partial charge is 0.465 e. The molecule has 2 amide bonds. The Balaban J connectivity index is 1.70. The third-order valence-corrected chi connectivity index (χ3v) is 5.51. The first-order chi connectivity index (χ1) is 14.9. The summed E-state index contributed by atoms with van der Waals surface area (Å²) < 4.78 is 0. The van der Waals surface area contributed by atoms with Crippen molar-refractivity contribution in [1.29, 1.82) is 0 Å². The second-order valence-electron chi connectivity index (χ2n) is 7.08. The summed E-state index contributed by atoms with van der Waals surface area (Å²) in [7, 11) is 0. The van der Waals surface area contributed by atoms with Crippen molar-refractivity contribution in [1.82, 2.24) is 9.97 Å². The zero-order chi connectivity index (χ0) is 21.8. The molecule has 31 heavy (non-hydrogen) atoms. The quantitative estimate of drug-likeness (QED) is 0.386. The van der Waals surface area contributed by atoms with Gasteiger partial charge in [-0.05, 0) is 42.5 Å². The minimum atomic E-state index is -1.80. The maximum Gasteiger partial charge on any atom is 0.411 e. The van der Waals surface area contributed by atoms with E-state index in [0.29, 0.717) is 38.4 Å². The Morgan fingerprint density at radius 2 is 1.84 bits per heavy atom. The molecule has 4 N–H and O–H groups in total. The summed E-state index contributed by atoms with van der Waals surface area (Å²) in [6.07, 6.45) is -1.25. The molecule has 0 radical (unpaired) electrons. The van der Waals surface area contributed by atoms with Crippen LogP contribution in [0.25, 0.3) is 11.0 Å². The van der Waals surface area contributed by atoms with Gasteiger partial charge in [0.25, 0.3) is 5.91 Å². The lowest BCUT2D eigenvalue weighted by Gasteiger charge is -2.35. The molecule has 154 valence electrons. The van der Waals surface area contributed by atoms with E-state index in [4.69, 9.17) is 16.7 Å². The van der Waals surface area contributed by atoms with E-state index < -0.39 is 11.8 Å². The van der Waals surface area contributed by atoms with Crippen LogP contribution < -0.4 is 10.2 Å². The summed E-state index contributed by atoms with van der Waals surface area (Å²) in [4.78, 5) is 32.6. The van der Waals surface area contributed by atoms with E-state index in [9.17, 15) is 14.7 Å². The fraction of sp³-hybridized carbons (Fsp3) is 0.0455. The summed E-state index contributed by atoms with van der Waals surface area (Å²) in [5.41, 5.74) is 0.915. The summed E-state index contributed by atoms with van der Waals surface area (Å²) in [6.45, 7) is 0. The van der Waals surface area contributed by atoms with Crippen molar-refractivity contribution in [3.05, 3.63) is 88.4 Å². The average Bonchev–Trinajstić information content (AvgIpc) is 3.25. The van der Waals surface area contributed by atoms with E-state index in [1.165, 1.54) is 4.90 Å². The third kappa shape index (κ3) is 2.92. The van der Waals surface area contributed by atoms with Gasteiger partial charge in [0.15, 0.2) is 5.72 Å². The van der Waals surface area contributed by atoms with Crippen LogP contribution in [0.5, 0.6) is 0 Å². The van der Waals surface area contributed by atoms with Gasteiger partial charge in [-0.1, -0.05) is 35.9 Å². The van der Waals surface area contributed by atoms with Gasteiger partial charge in [-0.3, -0.25) is 15.0 Å². The van der Waals surface area contributed by atoms with E-state index in [0.717, 1.165) is 0 Å². The predicted octanol–water partition coefficient (Wildman–Crippen LogP) is 4.16. The topological polar surface area (TPSA) is 119 Å². The number of aliphatic hydroxyl groups is 1. The van der Waals surface area contributed by atoms with Crippen molar-refractivity contribution < 1.29 is 19.8 Å². The van der Waals surface area contributed by atoms with Gasteiger partial charge in [0.1, 0.15) is 0 Å². The second kappa shape index (κ2) is 6.83. The van der Waals surface area contributed by atoms with Crippen LogP contribution in [0.3, 0.4) is 0 Å². The molecule has 1 aliphatic rings. The molecular formula is C22H15ClN4O4. The Morgan fingerprint density at radius 1 is 1.10 bits per heavy atom. The fourth-order valence-corrected chi connectivity index (χ4v) is 4.05. The highest BCUT2D eigenvalue weighted by Crippen LogP contribution is 2.45. The van der Waals surface area contributed by atoms with E-state index in [1.807, 2.05) is 0 Å². The Hall–Kier alpha value is -3.88. The number of rotatable bonds is 3. The van der Waals surface area contributed by atoms with Crippen molar-refractivity contribution >= 4 is 46.3 Å². The van der Waals surface area contributed by atoms with Gasteiger partial charge in [-0.25, -0.2) is 9.78 Å². The number of nitrogens with zero attached hydrogens (tertiary/aromatic N) is 2. The fourth-order valence-electron chi connectivity index (χ4n) is 3.92. The van der Waals surface area contributed by atoms with Crippen LogP contribution in [-0.4, -0.2) is 32.2 Å². The number of H-pyrrole nitrogens is 1. The Labute approximate surface area is 180 Å². The highest BCUT2D eigenvalue weighted by molar-refractivity contribution is 6.30. The standard InChI is InChI=1S/C22H15ClN4O4/c23-13-6-8-14(9-7-13)27-19(28)15-3-1-2-4-16(15)22(27,31)12-5-10-17-18(11-12)25-20(24-17)26-21(29)30/h1-11,31H,(H,29,30)(H2,24,25,26). The Morgan fingerprint density at radius 3 is 2.58 bits per heavy atom. The van der Waals surface area contributed by atoms with Crippen LogP contribution in [0.1, 0.15) is 21.5 Å². The van der Waals surface area contributed by atoms with E-state index in [2.05, 4.69) is 15.3 Å². The monoisotopic (exact) mass is 434 g/mol. The summed E-state index contributed by atoms with van der Waals surface area (Å²) >= 11 is 6.01. The van der Waals surface area contributed by atoms with Gasteiger partial charge < -0.3 is 15.2 Å². The normalized spacial score (nSPS) is 17.7. The lowest BCUT2D eigenvalue weighted by atomic mass is 9.93. The first-order valence-electron chi connectivity index (χ1n) is 9.30. The average molecular weight is 435 g/mol. The summed E-state index contributed by atoms with van der Waals surface area (Å²) in [5.74, 6) is -0.292. The zero-order valence-corrected chi connectivity index (χ0v) is 16.6. The van der Waals surface area contributed by atoms with Gasteiger partial charge in [0, 0.05) is 27.4 Å². The van der Waals surface area contributed by atoms with Crippen LogP contribution >= 0.6 is 11.6 Å². The molecule has 5 rings (SSSR count). The van der Waals surface area contributed by atoms with Gasteiger partial charge in [0.05, 0.1) is 11.0 Å². The molecular weight excluding hydrogens is 420 g/mol. The summed E-state index contributed by atoms with van der Waals surface area (Å²) in [5, 5.41) is 23.6. The molecule has 1 atom stereocenters. The molecule has 3 aromatic carbocycles. The molecule has 4 aromatic rings. The molecule has 1 aliphatic heterocycles. The molecule has 0 saturated heterocycles. The van der Waals surface area contributed by atoms with E-state index >= 15 is 0 Å². The molecule has 0 spiro atoms. The van der Waals surface area contributed by atoms with Gasteiger partial charge in [-0.15, -0.1) is 0 Å². The molecule has 1 aromatic heterocycles. The number of imidazole rings is 1. The number of amides is 2. The number of fused-ring (bicyclic) bond motifs is 2. The number of hydrogen-bond donors (Lipinski definition) is 4. The van der Waals surface area contributed by atoms with Crippen molar-refractivity contribution in [2.45, 2.75) is 5.72 Å². The van der Waals surface area contributed by atoms with E-state index in [1.54, 1.807) is 66.7 Å². The maximum absolute atomic E-state index is 13.3. The van der Waals surface area contributed by atoms with Crippen LogP contribution in [0.4, 0.5) is 16.4 Å². The number of hydrogen-bond acceptors (Lipinski definition) is 4. The van der Waals surface area contributed by atoms with Crippen LogP contribution in [0.2, 0.25) is 5.02 Å². The van der Waals surface area contributed by atoms with Crippen molar-refractivity contribution in [2.24, 2.45) is 0 Å². The number of aromatic amines is 1. The highest BCUT2D eigenvalue weighted by Gasteiger charge is 2.50. The molecule has 0 fully saturated rings. The van der Waals surface area contributed by atoms with Gasteiger partial charge in [0.2, 0.25) is 5.95 Å². The molecule has 8 nitrogen and oxygen atoms in total. The van der Waals surface area contributed by atoms with Gasteiger partial charge in [-0.2, -0.15) is 0 Å². The highest BCUT2D eigenvalue weighted by atomic mass is 35.5. The lowest BCUT2D eigenvalue weighted by Crippen LogP contribution is -2.45. The molecule has 2 heterocycles. The number of benzene rings is 3. The van der Waals surface area contributed by atoms with Crippen molar-refractivity contribution in [2.75, 3.05) is 10.2 Å². The van der Waals surface area contributed by atoms with Crippen LogP contribution in [-0.2, 0) is 5.72 Å². The number of carbonyl (C=O) groups excluding carboxylic acids is 1. The lowest BCUT2D eigenvalue weighted by molar-refractivity contribution is 0.0704. The van der Waals surface area contributed by atoms with Crippen molar-refractivity contribution in [3.63, 3.8) is 0 Å². The maximum atomic E-state index is 13.3. The first kappa shape index (κ1) is 19.1. The smallest absolute Gasteiger partial charge is 0.411 e. The number of carbonyl (C=O) groups is 2. The molecule has 1 unspecified atom stereocenters. The van der Waals surface area contributed by atoms with Crippen molar-refractivity contribution in [3.8, 4) is 0 Å². The van der Waals surface area contributed by atoms with Crippen LogP contribution in [0.15, 0.2) is 66.7 Å². The third-order valence-electron chi connectivity index (χ3n) is 5.26.